The Morgan fingerprint density at radius 1 is 0.974 bits per heavy atom. The van der Waals surface area contributed by atoms with Crippen LogP contribution in [0.1, 0.15) is 58.8 Å². The lowest BCUT2D eigenvalue weighted by molar-refractivity contribution is -0.112. The van der Waals surface area contributed by atoms with Crippen LogP contribution in [0, 0.1) is 18.8 Å². The minimum Gasteiger partial charge on any atom is -0.462 e. The predicted molar refractivity (Wildman–Crippen MR) is 151 cm³/mol. The summed E-state index contributed by atoms with van der Waals surface area (Å²) < 4.78 is 7.40. The lowest BCUT2D eigenvalue weighted by Crippen LogP contribution is -2.39. The number of nitrogens with one attached hydrogen (secondary N) is 1. The van der Waals surface area contributed by atoms with Crippen molar-refractivity contribution in [2.75, 3.05) is 18.4 Å². The number of hydrogen-bond donors (Lipinski definition) is 1. The SMILES string of the molecule is C/C(=C\c1ccc(C)o1)C(=O)Nc1cnn(C2CCN(C(=O)c3ccc(C#Cc4ccccc4)cc3)CC2)c1. The minimum atomic E-state index is -0.207. The number of furan rings is 1. The molecular weight excluding hydrogens is 488 g/mol. The topological polar surface area (TPSA) is 80.4 Å². The molecule has 39 heavy (non-hydrogen) atoms. The van der Waals surface area contributed by atoms with E-state index in [-0.39, 0.29) is 17.9 Å². The van der Waals surface area contributed by atoms with Gasteiger partial charge in [-0.25, -0.2) is 0 Å². The number of piperidine rings is 1. The van der Waals surface area contributed by atoms with E-state index >= 15 is 0 Å². The number of aromatic nitrogens is 2. The molecule has 0 unspecified atom stereocenters. The van der Waals surface area contributed by atoms with Crippen LogP contribution in [0.5, 0.6) is 0 Å². The third kappa shape index (κ3) is 6.55. The van der Waals surface area contributed by atoms with Crippen molar-refractivity contribution in [1.82, 2.24) is 14.7 Å². The van der Waals surface area contributed by atoms with E-state index in [0.29, 0.717) is 35.7 Å². The molecular formula is C32H30N4O3. The van der Waals surface area contributed by atoms with Crippen LogP contribution in [-0.2, 0) is 4.79 Å². The van der Waals surface area contributed by atoms with Crippen LogP contribution >= 0.6 is 0 Å². The Bertz CT molecular complexity index is 1540. The Labute approximate surface area is 228 Å². The number of aryl methyl sites for hydroxylation is 1. The maximum absolute atomic E-state index is 13.1. The monoisotopic (exact) mass is 518 g/mol. The minimum absolute atomic E-state index is 0.0263. The second-order valence-corrected chi connectivity index (χ2v) is 9.66. The van der Waals surface area contributed by atoms with Crippen LogP contribution in [0.3, 0.4) is 0 Å². The molecule has 0 saturated carbocycles. The molecule has 2 aromatic carbocycles. The Hall–Kier alpha value is -4.83. The summed E-state index contributed by atoms with van der Waals surface area (Å²) in [7, 11) is 0. The average Bonchev–Trinajstić information content (AvgIpc) is 3.61. The summed E-state index contributed by atoms with van der Waals surface area (Å²) in [6.07, 6.45) is 6.79. The number of anilines is 1. The highest BCUT2D eigenvalue weighted by Gasteiger charge is 2.25. The Morgan fingerprint density at radius 2 is 1.67 bits per heavy atom. The van der Waals surface area contributed by atoms with Gasteiger partial charge >= 0.3 is 0 Å². The maximum atomic E-state index is 13.1. The van der Waals surface area contributed by atoms with Crippen LogP contribution in [-0.4, -0.2) is 39.6 Å². The second-order valence-electron chi connectivity index (χ2n) is 9.66. The van der Waals surface area contributed by atoms with Gasteiger partial charge in [0.1, 0.15) is 11.5 Å². The van der Waals surface area contributed by atoms with Crippen LogP contribution < -0.4 is 5.32 Å². The summed E-state index contributed by atoms with van der Waals surface area (Å²) in [5.41, 5.74) is 3.67. The predicted octanol–water partition coefficient (Wildman–Crippen LogP) is 5.70. The largest absolute Gasteiger partial charge is 0.462 e. The number of carbonyl (C=O) groups excluding carboxylic acids is 2. The molecule has 0 atom stereocenters. The third-order valence-electron chi connectivity index (χ3n) is 6.72. The molecule has 2 amide bonds. The van der Waals surface area contributed by atoms with Crippen molar-refractivity contribution in [3.05, 3.63) is 113 Å². The number of hydrogen-bond acceptors (Lipinski definition) is 4. The van der Waals surface area contributed by atoms with Gasteiger partial charge in [-0.05, 0) is 81.3 Å². The number of likely N-dealkylation sites (tertiary alicyclic amines) is 1. The lowest BCUT2D eigenvalue weighted by Gasteiger charge is -2.32. The van der Waals surface area contributed by atoms with E-state index in [2.05, 4.69) is 22.3 Å². The molecule has 1 aliphatic rings. The zero-order valence-corrected chi connectivity index (χ0v) is 22.1. The normalized spacial score (nSPS) is 14.0. The Morgan fingerprint density at radius 3 is 2.33 bits per heavy atom. The second kappa shape index (κ2) is 11.7. The zero-order valence-electron chi connectivity index (χ0n) is 22.1. The number of carbonyl (C=O) groups is 2. The van der Waals surface area contributed by atoms with Crippen molar-refractivity contribution in [1.29, 1.82) is 0 Å². The Kier molecular flexibility index (Phi) is 7.74. The highest BCUT2D eigenvalue weighted by atomic mass is 16.3. The molecule has 7 nitrogen and oxygen atoms in total. The molecule has 0 spiro atoms. The third-order valence-corrected chi connectivity index (χ3v) is 6.72. The molecule has 2 aromatic heterocycles. The summed E-state index contributed by atoms with van der Waals surface area (Å²) in [6.45, 7) is 4.90. The van der Waals surface area contributed by atoms with Gasteiger partial charge in [-0.3, -0.25) is 14.3 Å². The van der Waals surface area contributed by atoms with Crippen molar-refractivity contribution >= 4 is 23.6 Å². The van der Waals surface area contributed by atoms with E-state index in [1.54, 1.807) is 19.2 Å². The zero-order chi connectivity index (χ0) is 27.2. The van der Waals surface area contributed by atoms with Gasteiger partial charge in [-0.2, -0.15) is 5.10 Å². The molecule has 5 rings (SSSR count). The van der Waals surface area contributed by atoms with Gasteiger partial charge in [0.15, 0.2) is 0 Å². The number of amides is 2. The first-order chi connectivity index (χ1) is 18.9. The van der Waals surface area contributed by atoms with Crippen LogP contribution in [0.2, 0.25) is 0 Å². The van der Waals surface area contributed by atoms with Gasteiger partial charge in [0.2, 0.25) is 0 Å². The molecule has 1 aliphatic heterocycles. The number of nitrogens with zero attached hydrogens (tertiary/aromatic N) is 3. The quantitative estimate of drug-likeness (QED) is 0.271. The summed E-state index contributed by atoms with van der Waals surface area (Å²) in [5.74, 6) is 7.54. The molecule has 0 bridgehead atoms. The van der Waals surface area contributed by atoms with E-state index in [9.17, 15) is 9.59 Å². The molecule has 7 heteroatoms. The summed E-state index contributed by atoms with van der Waals surface area (Å²) in [6, 6.07) is 21.1. The van der Waals surface area contributed by atoms with Gasteiger partial charge in [0, 0.05) is 41.5 Å². The molecule has 1 fully saturated rings. The molecule has 0 radical (unpaired) electrons. The van der Waals surface area contributed by atoms with Gasteiger partial charge in [0.05, 0.1) is 17.9 Å². The smallest absolute Gasteiger partial charge is 0.253 e. The van der Waals surface area contributed by atoms with Crippen LogP contribution in [0.15, 0.2) is 89.1 Å². The molecule has 4 aromatic rings. The van der Waals surface area contributed by atoms with Gasteiger partial charge in [-0.15, -0.1) is 0 Å². The fraction of sp³-hybridized carbons (Fsp3) is 0.219. The summed E-state index contributed by atoms with van der Waals surface area (Å²) >= 11 is 0. The lowest BCUT2D eigenvalue weighted by atomic mass is 10.0. The number of rotatable bonds is 5. The fourth-order valence-electron chi connectivity index (χ4n) is 4.52. The molecule has 0 aliphatic carbocycles. The van der Waals surface area contributed by atoms with E-state index in [1.165, 1.54) is 0 Å². The Balaban J connectivity index is 1.13. The van der Waals surface area contributed by atoms with Crippen molar-refractivity contribution in [2.45, 2.75) is 32.7 Å². The van der Waals surface area contributed by atoms with Gasteiger partial charge in [-0.1, -0.05) is 30.0 Å². The first kappa shape index (κ1) is 25.8. The molecule has 1 saturated heterocycles. The standard InChI is InChI=1S/C32H30N4O3/c1-23(20-30-15-8-24(2)39-30)31(37)34-28-21-33-36(22-28)29-16-18-35(19-17-29)32(38)27-13-11-26(12-14-27)10-9-25-6-4-3-5-7-25/h3-8,11-15,20-22,29H,16-19H2,1-2H3,(H,34,37)/b23-20+. The molecule has 3 heterocycles. The first-order valence-corrected chi connectivity index (χ1v) is 13.0. The number of benzene rings is 2. The van der Waals surface area contributed by atoms with Crippen molar-refractivity contribution in [3.63, 3.8) is 0 Å². The first-order valence-electron chi connectivity index (χ1n) is 13.0. The summed E-state index contributed by atoms with van der Waals surface area (Å²) in [4.78, 5) is 27.5. The van der Waals surface area contributed by atoms with Crippen molar-refractivity contribution in [3.8, 4) is 11.8 Å². The van der Waals surface area contributed by atoms with E-state index in [4.69, 9.17) is 4.42 Å². The average molecular weight is 519 g/mol. The maximum Gasteiger partial charge on any atom is 0.253 e. The van der Waals surface area contributed by atoms with Gasteiger partial charge < -0.3 is 14.6 Å². The molecule has 196 valence electrons. The van der Waals surface area contributed by atoms with E-state index < -0.39 is 0 Å². The van der Waals surface area contributed by atoms with Crippen LogP contribution in [0.4, 0.5) is 5.69 Å². The molecule has 1 N–H and O–H groups in total. The highest BCUT2D eigenvalue weighted by molar-refractivity contribution is 6.05. The van der Waals surface area contributed by atoms with Crippen molar-refractivity contribution in [2.24, 2.45) is 0 Å². The van der Waals surface area contributed by atoms with E-state index in [0.717, 1.165) is 29.7 Å². The summed E-state index contributed by atoms with van der Waals surface area (Å²) in [5, 5.41) is 7.36. The fourth-order valence-corrected chi connectivity index (χ4v) is 4.52. The van der Waals surface area contributed by atoms with Crippen molar-refractivity contribution < 1.29 is 14.0 Å². The van der Waals surface area contributed by atoms with E-state index in [1.807, 2.05) is 89.4 Å². The van der Waals surface area contributed by atoms with Gasteiger partial charge in [0.25, 0.3) is 11.8 Å². The highest BCUT2D eigenvalue weighted by Crippen LogP contribution is 2.24. The van der Waals surface area contributed by atoms with Crippen LogP contribution in [0.25, 0.3) is 6.08 Å².